The predicted octanol–water partition coefficient (Wildman–Crippen LogP) is 2.15. The molecule has 1 N–H and O–H groups in total. The van der Waals surface area contributed by atoms with Crippen molar-refractivity contribution in [1.82, 2.24) is 10.3 Å². The van der Waals surface area contributed by atoms with Crippen LogP contribution in [0.25, 0.3) is 0 Å². The number of hydrogen-bond acceptors (Lipinski definition) is 3. The Morgan fingerprint density at radius 1 is 1.24 bits per heavy atom. The molecule has 0 aromatic carbocycles. The molecule has 2 aliphatic heterocycles. The van der Waals surface area contributed by atoms with Gasteiger partial charge in [0.05, 0.1) is 11.9 Å². The third kappa shape index (κ3) is 1.93. The molecule has 0 spiro atoms. The Morgan fingerprint density at radius 3 is 2.47 bits per heavy atom. The molecule has 2 unspecified atom stereocenters. The summed E-state index contributed by atoms with van der Waals surface area (Å²) in [4.78, 5) is 7.16. The lowest BCUT2D eigenvalue weighted by molar-refractivity contribution is 0.484. The van der Waals surface area contributed by atoms with Crippen LogP contribution in [-0.2, 0) is 0 Å². The Labute approximate surface area is 103 Å². The Hall–Kier alpha value is -1.09. The van der Waals surface area contributed by atoms with Crippen LogP contribution in [-0.4, -0.2) is 30.2 Å². The van der Waals surface area contributed by atoms with Crippen molar-refractivity contribution in [2.75, 3.05) is 18.0 Å². The number of anilines is 1. The second kappa shape index (κ2) is 4.30. The summed E-state index contributed by atoms with van der Waals surface area (Å²) in [7, 11) is 0. The number of piperazine rings is 1. The van der Waals surface area contributed by atoms with E-state index in [2.05, 4.69) is 47.4 Å². The van der Waals surface area contributed by atoms with Crippen molar-refractivity contribution < 1.29 is 0 Å². The largest absolute Gasteiger partial charge is 0.362 e. The fourth-order valence-electron chi connectivity index (χ4n) is 3.09. The van der Waals surface area contributed by atoms with Gasteiger partial charge in [-0.25, -0.2) is 0 Å². The van der Waals surface area contributed by atoms with Gasteiger partial charge in [-0.3, -0.25) is 4.98 Å². The van der Waals surface area contributed by atoms with E-state index in [0.29, 0.717) is 18.0 Å². The Kier molecular flexibility index (Phi) is 2.79. The summed E-state index contributed by atoms with van der Waals surface area (Å²) in [6, 6.07) is 5.79. The Balaban J connectivity index is 1.84. The molecule has 0 radical (unpaired) electrons. The highest BCUT2D eigenvalue weighted by molar-refractivity contribution is 5.49. The van der Waals surface area contributed by atoms with Crippen molar-refractivity contribution in [3.8, 4) is 0 Å². The minimum Gasteiger partial charge on any atom is -0.362 e. The van der Waals surface area contributed by atoms with Crippen LogP contribution in [0, 0.1) is 0 Å². The molecule has 92 valence electrons. The zero-order chi connectivity index (χ0) is 11.8. The smallest absolute Gasteiger partial charge is 0.0558 e. The maximum absolute atomic E-state index is 4.59. The molecule has 2 aliphatic rings. The van der Waals surface area contributed by atoms with Crippen molar-refractivity contribution in [3.63, 3.8) is 0 Å². The highest BCUT2D eigenvalue weighted by Gasteiger charge is 2.36. The first-order valence-electron chi connectivity index (χ1n) is 6.70. The van der Waals surface area contributed by atoms with Crippen LogP contribution >= 0.6 is 0 Å². The summed E-state index contributed by atoms with van der Waals surface area (Å²) < 4.78 is 0. The number of hydrogen-bond donors (Lipinski definition) is 1. The molecule has 3 nitrogen and oxygen atoms in total. The van der Waals surface area contributed by atoms with Crippen molar-refractivity contribution in [2.24, 2.45) is 0 Å². The van der Waals surface area contributed by atoms with Crippen LogP contribution in [0.2, 0.25) is 0 Å². The van der Waals surface area contributed by atoms with Crippen LogP contribution in [0.3, 0.4) is 0 Å². The van der Waals surface area contributed by atoms with Crippen LogP contribution in [0.1, 0.15) is 38.3 Å². The van der Waals surface area contributed by atoms with Gasteiger partial charge in [0.2, 0.25) is 0 Å². The van der Waals surface area contributed by atoms with Gasteiger partial charge in [0.1, 0.15) is 0 Å². The maximum Gasteiger partial charge on any atom is 0.0558 e. The predicted molar refractivity (Wildman–Crippen MR) is 70.5 cm³/mol. The van der Waals surface area contributed by atoms with Crippen LogP contribution in [0.4, 0.5) is 5.69 Å². The molecule has 0 aliphatic carbocycles. The lowest BCUT2D eigenvalue weighted by Crippen LogP contribution is -2.52. The lowest BCUT2D eigenvalue weighted by Gasteiger charge is -2.37. The number of nitrogens with zero attached hydrogens (tertiary/aromatic N) is 2. The summed E-state index contributed by atoms with van der Waals surface area (Å²) in [5, 5.41) is 3.51. The Morgan fingerprint density at radius 2 is 1.94 bits per heavy atom. The average Bonchev–Trinajstić information content (AvgIpc) is 2.59. The molecular formula is C14H21N3. The third-order valence-corrected chi connectivity index (χ3v) is 4.04. The van der Waals surface area contributed by atoms with Gasteiger partial charge in [-0.05, 0) is 30.9 Å². The molecule has 0 saturated carbocycles. The average molecular weight is 231 g/mol. The SMILES string of the molecule is CC(C)c1ccc(N2C3CCC2CNC3)cn1. The van der Waals surface area contributed by atoms with Gasteiger partial charge >= 0.3 is 0 Å². The van der Waals surface area contributed by atoms with Gasteiger partial charge in [0, 0.05) is 30.9 Å². The number of aromatic nitrogens is 1. The molecular weight excluding hydrogens is 210 g/mol. The topological polar surface area (TPSA) is 28.2 Å². The summed E-state index contributed by atoms with van der Waals surface area (Å²) in [6.07, 6.45) is 4.71. The second-order valence-electron chi connectivity index (χ2n) is 5.55. The molecule has 2 saturated heterocycles. The molecule has 2 atom stereocenters. The maximum atomic E-state index is 4.59. The Bertz CT molecular complexity index is 369. The molecule has 2 bridgehead atoms. The first kappa shape index (κ1) is 11.0. The molecule has 0 amide bonds. The van der Waals surface area contributed by atoms with E-state index in [1.54, 1.807) is 0 Å². The van der Waals surface area contributed by atoms with E-state index in [4.69, 9.17) is 0 Å². The number of rotatable bonds is 2. The summed E-state index contributed by atoms with van der Waals surface area (Å²) >= 11 is 0. The quantitative estimate of drug-likeness (QED) is 0.845. The normalized spacial score (nSPS) is 27.8. The molecule has 17 heavy (non-hydrogen) atoms. The van der Waals surface area contributed by atoms with Gasteiger partial charge in [0.25, 0.3) is 0 Å². The van der Waals surface area contributed by atoms with Crippen LogP contribution < -0.4 is 10.2 Å². The summed E-state index contributed by atoms with van der Waals surface area (Å²) in [5.41, 5.74) is 2.50. The van der Waals surface area contributed by atoms with E-state index >= 15 is 0 Å². The zero-order valence-corrected chi connectivity index (χ0v) is 10.7. The zero-order valence-electron chi connectivity index (χ0n) is 10.7. The minimum atomic E-state index is 0.517. The monoisotopic (exact) mass is 231 g/mol. The van der Waals surface area contributed by atoms with E-state index in [1.165, 1.54) is 24.2 Å². The van der Waals surface area contributed by atoms with Crippen molar-refractivity contribution in [3.05, 3.63) is 24.0 Å². The van der Waals surface area contributed by atoms with Crippen molar-refractivity contribution in [2.45, 2.75) is 44.7 Å². The van der Waals surface area contributed by atoms with E-state index < -0.39 is 0 Å². The van der Waals surface area contributed by atoms with Gasteiger partial charge in [-0.15, -0.1) is 0 Å². The molecule has 1 aromatic heterocycles. The number of nitrogens with one attached hydrogen (secondary N) is 1. The first-order chi connectivity index (χ1) is 8.25. The van der Waals surface area contributed by atoms with E-state index in [9.17, 15) is 0 Å². The lowest BCUT2D eigenvalue weighted by atomic mass is 10.1. The highest BCUT2D eigenvalue weighted by Crippen LogP contribution is 2.32. The van der Waals surface area contributed by atoms with Gasteiger partial charge in [0.15, 0.2) is 0 Å². The molecule has 2 fully saturated rings. The summed E-state index contributed by atoms with van der Waals surface area (Å²) in [5.74, 6) is 0.517. The van der Waals surface area contributed by atoms with E-state index in [1.807, 2.05) is 0 Å². The van der Waals surface area contributed by atoms with Gasteiger partial charge in [-0.2, -0.15) is 0 Å². The molecule has 3 rings (SSSR count). The standard InChI is InChI=1S/C14H21N3/c1-10(2)14-6-5-13(9-16-14)17-11-3-4-12(17)8-15-7-11/h5-6,9-12,15H,3-4,7-8H2,1-2H3. The second-order valence-corrected chi connectivity index (χ2v) is 5.55. The molecule has 1 aromatic rings. The fraction of sp³-hybridized carbons (Fsp3) is 0.643. The van der Waals surface area contributed by atoms with Gasteiger partial charge in [-0.1, -0.05) is 13.8 Å². The summed E-state index contributed by atoms with van der Waals surface area (Å²) in [6.45, 7) is 6.64. The third-order valence-electron chi connectivity index (χ3n) is 4.04. The highest BCUT2D eigenvalue weighted by atomic mass is 15.3. The van der Waals surface area contributed by atoms with E-state index in [0.717, 1.165) is 13.1 Å². The van der Waals surface area contributed by atoms with E-state index in [-0.39, 0.29) is 0 Å². The number of pyridine rings is 1. The minimum absolute atomic E-state index is 0.517. The molecule has 3 heterocycles. The first-order valence-corrected chi connectivity index (χ1v) is 6.70. The molecule has 3 heteroatoms. The van der Waals surface area contributed by atoms with Crippen molar-refractivity contribution >= 4 is 5.69 Å². The number of fused-ring (bicyclic) bond motifs is 2. The van der Waals surface area contributed by atoms with Gasteiger partial charge < -0.3 is 10.2 Å². The van der Waals surface area contributed by atoms with Crippen LogP contribution in [0.15, 0.2) is 18.3 Å². The van der Waals surface area contributed by atoms with Crippen molar-refractivity contribution in [1.29, 1.82) is 0 Å². The fourth-order valence-corrected chi connectivity index (χ4v) is 3.09. The van der Waals surface area contributed by atoms with Crippen LogP contribution in [0.5, 0.6) is 0 Å².